The number of nitrogens with zero attached hydrogens (tertiary/aromatic N) is 6. The zero-order valence-corrected chi connectivity index (χ0v) is 11.9. The minimum Gasteiger partial charge on any atom is -0.275 e. The van der Waals surface area contributed by atoms with Crippen LogP contribution in [0.3, 0.4) is 0 Å². The van der Waals surface area contributed by atoms with E-state index in [9.17, 15) is 0 Å². The van der Waals surface area contributed by atoms with Gasteiger partial charge in [-0.3, -0.25) is 9.36 Å². The lowest BCUT2D eigenvalue weighted by atomic mass is 10.2. The Kier molecular flexibility index (Phi) is 3.23. The fourth-order valence-electron chi connectivity index (χ4n) is 1.90. The maximum absolute atomic E-state index is 6.09. The first-order valence-electron chi connectivity index (χ1n) is 6.22. The Morgan fingerprint density at radius 1 is 1.10 bits per heavy atom. The van der Waals surface area contributed by atoms with E-state index in [1.165, 1.54) is 0 Å². The van der Waals surface area contributed by atoms with Crippen LogP contribution in [0.1, 0.15) is 6.92 Å². The van der Waals surface area contributed by atoms with Crippen molar-refractivity contribution in [3.05, 3.63) is 36.0 Å². The summed E-state index contributed by atoms with van der Waals surface area (Å²) in [6, 6.07) is 1.73. The van der Waals surface area contributed by atoms with E-state index in [0.717, 1.165) is 23.4 Å². The second-order valence-electron chi connectivity index (χ2n) is 4.39. The number of hydrogen-bond acceptors (Lipinski definition) is 4. The van der Waals surface area contributed by atoms with Gasteiger partial charge in [0.25, 0.3) is 0 Å². The van der Waals surface area contributed by atoms with E-state index in [4.69, 9.17) is 11.6 Å². The van der Waals surface area contributed by atoms with Crippen LogP contribution in [0.5, 0.6) is 0 Å². The molecule has 0 saturated carbocycles. The summed E-state index contributed by atoms with van der Waals surface area (Å²) >= 11 is 6.09. The minimum absolute atomic E-state index is 0.401. The summed E-state index contributed by atoms with van der Waals surface area (Å²) in [6.45, 7) is 2.83. The van der Waals surface area contributed by atoms with Gasteiger partial charge < -0.3 is 0 Å². The van der Waals surface area contributed by atoms with Crippen LogP contribution >= 0.6 is 11.6 Å². The van der Waals surface area contributed by atoms with Crippen molar-refractivity contribution in [3.8, 4) is 22.6 Å². The fraction of sp³-hybridized carbons (Fsp3) is 0.231. The predicted molar refractivity (Wildman–Crippen MR) is 76.1 cm³/mol. The van der Waals surface area contributed by atoms with E-state index in [1.54, 1.807) is 23.1 Å². The Morgan fingerprint density at radius 2 is 1.90 bits per heavy atom. The zero-order chi connectivity index (χ0) is 14.1. The third kappa shape index (κ3) is 2.42. The van der Waals surface area contributed by atoms with Crippen molar-refractivity contribution in [2.24, 2.45) is 7.05 Å². The van der Waals surface area contributed by atoms with Crippen LogP contribution in [0.4, 0.5) is 0 Å². The summed E-state index contributed by atoms with van der Waals surface area (Å²) in [6.07, 6.45) is 7.27. The van der Waals surface area contributed by atoms with Gasteiger partial charge in [-0.2, -0.15) is 10.2 Å². The Morgan fingerprint density at radius 3 is 2.55 bits per heavy atom. The maximum atomic E-state index is 6.09. The van der Waals surface area contributed by atoms with E-state index >= 15 is 0 Å². The molecular weight excluding hydrogens is 276 g/mol. The molecule has 102 valence electrons. The van der Waals surface area contributed by atoms with Gasteiger partial charge in [-0.15, -0.1) is 0 Å². The summed E-state index contributed by atoms with van der Waals surface area (Å²) in [5.74, 6) is 0.566. The summed E-state index contributed by atoms with van der Waals surface area (Å²) in [5, 5.41) is 8.76. The molecule has 0 aliphatic heterocycles. The standard InChI is InChI=1S/C13H13ClN6/c1-3-20-8-10(6-16-20)13-17-11(4-12(14)18-13)9-5-15-19(2)7-9/h4-8H,3H2,1-2H3. The first-order valence-corrected chi connectivity index (χ1v) is 6.60. The fourth-order valence-corrected chi connectivity index (χ4v) is 2.08. The van der Waals surface area contributed by atoms with E-state index in [0.29, 0.717) is 11.0 Å². The number of rotatable bonds is 3. The average molecular weight is 289 g/mol. The Hall–Kier alpha value is -2.21. The van der Waals surface area contributed by atoms with Gasteiger partial charge in [0.05, 0.1) is 23.7 Å². The third-order valence-electron chi connectivity index (χ3n) is 2.91. The van der Waals surface area contributed by atoms with Crippen LogP contribution in [0, 0.1) is 0 Å². The maximum Gasteiger partial charge on any atom is 0.164 e. The highest BCUT2D eigenvalue weighted by Gasteiger charge is 2.10. The van der Waals surface area contributed by atoms with Crippen LogP contribution in [0.15, 0.2) is 30.9 Å². The van der Waals surface area contributed by atoms with Crippen molar-refractivity contribution < 1.29 is 0 Å². The van der Waals surface area contributed by atoms with Gasteiger partial charge in [0, 0.05) is 37.6 Å². The molecule has 0 aromatic carbocycles. The minimum atomic E-state index is 0.401. The highest BCUT2D eigenvalue weighted by Crippen LogP contribution is 2.23. The molecule has 0 aliphatic rings. The van der Waals surface area contributed by atoms with E-state index in [1.807, 2.05) is 31.0 Å². The van der Waals surface area contributed by atoms with Gasteiger partial charge in [0.15, 0.2) is 5.82 Å². The molecule has 0 N–H and O–H groups in total. The molecule has 0 atom stereocenters. The second-order valence-corrected chi connectivity index (χ2v) is 4.77. The molecule has 0 aliphatic carbocycles. The van der Waals surface area contributed by atoms with Crippen molar-refractivity contribution >= 4 is 11.6 Å². The van der Waals surface area contributed by atoms with Gasteiger partial charge in [-0.25, -0.2) is 9.97 Å². The van der Waals surface area contributed by atoms with Crippen LogP contribution in [0.25, 0.3) is 22.6 Å². The molecule has 0 saturated heterocycles. The van der Waals surface area contributed by atoms with E-state index in [2.05, 4.69) is 20.2 Å². The predicted octanol–water partition coefficient (Wildman–Crippen LogP) is 2.41. The molecule has 0 spiro atoms. The molecule has 3 rings (SSSR count). The van der Waals surface area contributed by atoms with Gasteiger partial charge >= 0.3 is 0 Å². The SMILES string of the molecule is CCn1cc(-c2nc(Cl)cc(-c3cnn(C)c3)n2)cn1. The molecule has 20 heavy (non-hydrogen) atoms. The quantitative estimate of drug-likeness (QED) is 0.694. The lowest BCUT2D eigenvalue weighted by molar-refractivity contribution is 0.660. The molecule has 6 nitrogen and oxygen atoms in total. The average Bonchev–Trinajstić information content (AvgIpc) is 3.06. The Labute approximate surface area is 121 Å². The summed E-state index contributed by atoms with van der Waals surface area (Å²) in [7, 11) is 1.86. The molecule has 3 heterocycles. The molecule has 0 amide bonds. The van der Waals surface area contributed by atoms with Crippen molar-refractivity contribution in [1.82, 2.24) is 29.5 Å². The van der Waals surface area contributed by atoms with Crippen molar-refractivity contribution in [1.29, 1.82) is 0 Å². The highest BCUT2D eigenvalue weighted by atomic mass is 35.5. The molecule has 3 aromatic rings. The monoisotopic (exact) mass is 288 g/mol. The van der Waals surface area contributed by atoms with Gasteiger partial charge in [-0.05, 0) is 6.92 Å². The van der Waals surface area contributed by atoms with Gasteiger partial charge in [0.2, 0.25) is 0 Å². The number of halogens is 1. The Bertz CT molecular complexity index is 745. The smallest absolute Gasteiger partial charge is 0.164 e. The lowest BCUT2D eigenvalue weighted by Crippen LogP contribution is -1.93. The van der Waals surface area contributed by atoms with Gasteiger partial charge in [0.1, 0.15) is 5.15 Å². The molecular formula is C13H13ClN6. The summed E-state index contributed by atoms with van der Waals surface area (Å²) < 4.78 is 3.55. The molecule has 3 aromatic heterocycles. The zero-order valence-electron chi connectivity index (χ0n) is 11.2. The van der Waals surface area contributed by atoms with Crippen molar-refractivity contribution in [2.45, 2.75) is 13.5 Å². The third-order valence-corrected chi connectivity index (χ3v) is 3.10. The molecule has 0 fully saturated rings. The second kappa shape index (κ2) is 5.05. The Balaban J connectivity index is 2.06. The molecule has 0 unspecified atom stereocenters. The number of aromatic nitrogens is 6. The summed E-state index contributed by atoms with van der Waals surface area (Å²) in [4.78, 5) is 8.79. The largest absolute Gasteiger partial charge is 0.275 e. The van der Waals surface area contributed by atoms with Gasteiger partial charge in [-0.1, -0.05) is 11.6 Å². The van der Waals surface area contributed by atoms with E-state index < -0.39 is 0 Å². The molecule has 0 bridgehead atoms. The molecule has 7 heteroatoms. The van der Waals surface area contributed by atoms with Crippen LogP contribution in [0.2, 0.25) is 5.15 Å². The number of hydrogen-bond donors (Lipinski definition) is 0. The van der Waals surface area contributed by atoms with Crippen LogP contribution < -0.4 is 0 Å². The van der Waals surface area contributed by atoms with Crippen molar-refractivity contribution in [2.75, 3.05) is 0 Å². The summed E-state index contributed by atoms with van der Waals surface area (Å²) in [5.41, 5.74) is 2.50. The van der Waals surface area contributed by atoms with Crippen LogP contribution in [-0.4, -0.2) is 29.5 Å². The normalized spacial score (nSPS) is 10.9. The van der Waals surface area contributed by atoms with E-state index in [-0.39, 0.29) is 0 Å². The lowest BCUT2D eigenvalue weighted by Gasteiger charge is -2.01. The first kappa shape index (κ1) is 12.8. The first-order chi connectivity index (χ1) is 9.65. The topological polar surface area (TPSA) is 61.4 Å². The van der Waals surface area contributed by atoms with Crippen LogP contribution in [-0.2, 0) is 13.6 Å². The highest BCUT2D eigenvalue weighted by molar-refractivity contribution is 6.29. The number of aryl methyl sites for hydroxylation is 2. The van der Waals surface area contributed by atoms with Crippen molar-refractivity contribution in [3.63, 3.8) is 0 Å². The molecule has 0 radical (unpaired) electrons.